The van der Waals surface area contributed by atoms with Gasteiger partial charge in [-0.1, -0.05) is 37.3 Å². The van der Waals surface area contributed by atoms with Crippen LogP contribution < -0.4 is 0 Å². The molecule has 1 aliphatic heterocycles. The summed E-state index contributed by atoms with van der Waals surface area (Å²) in [4.78, 5) is 5.14. The maximum Gasteiger partial charge on any atom is 0.0827 e. The maximum atomic E-state index is 10.4. The van der Waals surface area contributed by atoms with Crippen molar-refractivity contribution in [3.8, 4) is 0 Å². The molecule has 0 amide bonds. The van der Waals surface area contributed by atoms with Gasteiger partial charge in [0.2, 0.25) is 0 Å². The smallest absolute Gasteiger partial charge is 0.0827 e. The average molecular weight is 274 g/mol. The highest BCUT2D eigenvalue weighted by Crippen LogP contribution is 2.28. The Morgan fingerprint density at radius 2 is 1.75 bits per heavy atom. The van der Waals surface area contributed by atoms with Gasteiger partial charge in [-0.2, -0.15) is 0 Å². The fraction of sp³-hybridized carbons (Fsp3) is 0.647. The number of rotatable bonds is 5. The fourth-order valence-electron chi connectivity index (χ4n) is 3.24. The fourth-order valence-corrected chi connectivity index (χ4v) is 3.24. The van der Waals surface area contributed by atoms with E-state index in [9.17, 15) is 5.11 Å². The van der Waals surface area contributed by atoms with Crippen LogP contribution in [0.1, 0.15) is 31.4 Å². The first-order valence-electron chi connectivity index (χ1n) is 7.93. The molecule has 3 nitrogen and oxygen atoms in total. The molecule has 2 unspecified atom stereocenters. The van der Waals surface area contributed by atoms with Crippen LogP contribution in [0.25, 0.3) is 0 Å². The van der Waals surface area contributed by atoms with Crippen LogP contribution in [0.3, 0.4) is 0 Å². The molecule has 1 aromatic rings. The molecule has 20 heavy (non-hydrogen) atoms. The van der Waals surface area contributed by atoms with E-state index in [2.05, 4.69) is 16.7 Å². The molecule has 1 aliphatic carbocycles. The van der Waals surface area contributed by atoms with Crippen LogP contribution in [0, 0.1) is 5.92 Å². The second-order valence-electron chi connectivity index (χ2n) is 6.40. The quantitative estimate of drug-likeness (QED) is 0.891. The summed E-state index contributed by atoms with van der Waals surface area (Å²) in [5.74, 6) is 0.282. The summed E-state index contributed by atoms with van der Waals surface area (Å²) in [6.07, 6.45) is 2.46. The Hall–Kier alpha value is -0.900. The van der Waals surface area contributed by atoms with Crippen LogP contribution in [0.2, 0.25) is 0 Å². The van der Waals surface area contributed by atoms with E-state index in [1.54, 1.807) is 0 Å². The third-order valence-electron chi connectivity index (χ3n) is 4.70. The summed E-state index contributed by atoms with van der Waals surface area (Å²) in [6.45, 7) is 7.88. The van der Waals surface area contributed by atoms with Gasteiger partial charge < -0.3 is 10.0 Å². The van der Waals surface area contributed by atoms with Gasteiger partial charge in [0.15, 0.2) is 0 Å². The minimum absolute atomic E-state index is 0.282. The van der Waals surface area contributed by atoms with E-state index in [4.69, 9.17) is 0 Å². The van der Waals surface area contributed by atoms with Gasteiger partial charge in [-0.15, -0.1) is 0 Å². The highest BCUT2D eigenvalue weighted by atomic mass is 16.3. The molecule has 1 N–H and O–H groups in total. The Balaban J connectivity index is 1.48. The minimum atomic E-state index is -0.349. The molecule has 2 atom stereocenters. The number of aliphatic hydroxyl groups is 1. The van der Waals surface area contributed by atoms with E-state index in [1.807, 2.05) is 30.3 Å². The summed E-state index contributed by atoms with van der Waals surface area (Å²) in [5, 5.41) is 10.4. The molecule has 2 fully saturated rings. The maximum absolute atomic E-state index is 10.4. The summed E-state index contributed by atoms with van der Waals surface area (Å²) < 4.78 is 0. The number of aliphatic hydroxyl groups excluding tert-OH is 1. The van der Waals surface area contributed by atoms with Gasteiger partial charge in [0.05, 0.1) is 6.10 Å². The van der Waals surface area contributed by atoms with E-state index in [0.29, 0.717) is 0 Å². The molecule has 1 saturated carbocycles. The molecule has 110 valence electrons. The highest BCUT2D eigenvalue weighted by Gasteiger charge is 2.31. The predicted octanol–water partition coefficient (Wildman–Crippen LogP) is 2.14. The molecule has 0 spiro atoms. The standard InChI is InChI=1S/C17H26N2O/c1-14(17(20)15-5-3-2-4-6-15)13-18-9-11-19(12-10-18)16-7-8-16/h2-6,14,16-17,20H,7-13H2,1H3. The van der Waals surface area contributed by atoms with Gasteiger partial charge in [-0.05, 0) is 24.3 Å². The monoisotopic (exact) mass is 274 g/mol. The lowest BCUT2D eigenvalue weighted by atomic mass is 9.97. The number of hydrogen-bond donors (Lipinski definition) is 1. The summed E-state index contributed by atoms with van der Waals surface area (Å²) in [7, 11) is 0. The third-order valence-corrected chi connectivity index (χ3v) is 4.70. The minimum Gasteiger partial charge on any atom is -0.388 e. The number of piperazine rings is 1. The molecule has 0 aromatic heterocycles. The van der Waals surface area contributed by atoms with Crippen LogP contribution in [-0.2, 0) is 0 Å². The van der Waals surface area contributed by atoms with E-state index < -0.39 is 0 Å². The molecule has 1 heterocycles. The lowest BCUT2D eigenvalue weighted by molar-refractivity contribution is 0.0628. The Morgan fingerprint density at radius 1 is 1.10 bits per heavy atom. The Kier molecular flexibility index (Phi) is 4.39. The van der Waals surface area contributed by atoms with E-state index >= 15 is 0 Å². The van der Waals surface area contributed by atoms with Gasteiger partial charge in [0.25, 0.3) is 0 Å². The molecule has 2 aliphatic rings. The van der Waals surface area contributed by atoms with Crippen molar-refractivity contribution in [2.75, 3.05) is 32.7 Å². The molecule has 1 saturated heterocycles. The van der Waals surface area contributed by atoms with Crippen molar-refractivity contribution in [3.05, 3.63) is 35.9 Å². The van der Waals surface area contributed by atoms with Gasteiger partial charge >= 0.3 is 0 Å². The number of nitrogens with zero attached hydrogens (tertiary/aromatic N) is 2. The van der Waals surface area contributed by atoms with Crippen LogP contribution in [-0.4, -0.2) is 53.7 Å². The van der Waals surface area contributed by atoms with E-state index in [-0.39, 0.29) is 12.0 Å². The van der Waals surface area contributed by atoms with Crippen LogP contribution in [0.15, 0.2) is 30.3 Å². The van der Waals surface area contributed by atoms with Gasteiger partial charge in [0.1, 0.15) is 0 Å². The predicted molar refractivity (Wildman–Crippen MR) is 81.6 cm³/mol. The molecule has 1 aromatic carbocycles. The van der Waals surface area contributed by atoms with Crippen molar-refractivity contribution in [2.45, 2.75) is 31.9 Å². The van der Waals surface area contributed by atoms with Crippen molar-refractivity contribution in [1.82, 2.24) is 9.80 Å². The first-order valence-corrected chi connectivity index (χ1v) is 7.93. The second-order valence-corrected chi connectivity index (χ2v) is 6.40. The van der Waals surface area contributed by atoms with Crippen LogP contribution >= 0.6 is 0 Å². The zero-order valence-corrected chi connectivity index (χ0v) is 12.4. The van der Waals surface area contributed by atoms with Gasteiger partial charge in [-0.25, -0.2) is 0 Å². The molecule has 3 rings (SSSR count). The van der Waals surface area contributed by atoms with E-state index in [0.717, 1.165) is 31.2 Å². The van der Waals surface area contributed by atoms with Crippen molar-refractivity contribution >= 4 is 0 Å². The van der Waals surface area contributed by atoms with Crippen LogP contribution in [0.4, 0.5) is 0 Å². The largest absolute Gasteiger partial charge is 0.388 e. The second kappa shape index (κ2) is 6.25. The molecule has 0 bridgehead atoms. The molecular weight excluding hydrogens is 248 g/mol. The van der Waals surface area contributed by atoms with Crippen molar-refractivity contribution in [3.63, 3.8) is 0 Å². The number of benzene rings is 1. The first-order chi connectivity index (χ1) is 9.74. The normalized spacial score (nSPS) is 24.5. The van der Waals surface area contributed by atoms with Crippen molar-refractivity contribution < 1.29 is 5.11 Å². The highest BCUT2D eigenvalue weighted by molar-refractivity contribution is 5.17. The summed E-state index contributed by atoms with van der Waals surface area (Å²) in [5.41, 5.74) is 1.04. The lowest BCUT2D eigenvalue weighted by Gasteiger charge is -2.36. The Bertz CT molecular complexity index is 410. The SMILES string of the molecule is CC(CN1CCN(C2CC2)CC1)C(O)c1ccccc1. The topological polar surface area (TPSA) is 26.7 Å². The number of hydrogen-bond acceptors (Lipinski definition) is 3. The van der Waals surface area contributed by atoms with Crippen LogP contribution in [0.5, 0.6) is 0 Å². The van der Waals surface area contributed by atoms with Gasteiger partial charge in [0, 0.05) is 38.8 Å². The van der Waals surface area contributed by atoms with Crippen molar-refractivity contribution in [2.24, 2.45) is 5.92 Å². The Labute approximate surface area is 122 Å². The average Bonchev–Trinajstić information content (AvgIpc) is 3.33. The van der Waals surface area contributed by atoms with Crippen molar-refractivity contribution in [1.29, 1.82) is 0 Å². The third kappa shape index (κ3) is 3.40. The zero-order valence-electron chi connectivity index (χ0n) is 12.4. The lowest BCUT2D eigenvalue weighted by Crippen LogP contribution is -2.48. The van der Waals surface area contributed by atoms with E-state index in [1.165, 1.54) is 25.9 Å². The summed E-state index contributed by atoms with van der Waals surface area (Å²) >= 11 is 0. The zero-order chi connectivity index (χ0) is 13.9. The molecular formula is C17H26N2O. The molecule has 0 radical (unpaired) electrons. The Morgan fingerprint density at radius 3 is 2.35 bits per heavy atom. The van der Waals surface area contributed by atoms with Gasteiger partial charge in [-0.3, -0.25) is 4.90 Å². The molecule has 3 heteroatoms. The summed E-state index contributed by atoms with van der Waals surface area (Å²) in [6, 6.07) is 10.9. The first kappa shape index (κ1) is 14.1.